The molecule has 0 saturated carbocycles. The number of fused-ring (bicyclic) bond motifs is 5. The van der Waals surface area contributed by atoms with Crippen LogP contribution >= 0.6 is 0 Å². The molecule has 28 heavy (non-hydrogen) atoms. The van der Waals surface area contributed by atoms with Crippen molar-refractivity contribution in [2.75, 3.05) is 11.9 Å². The largest absolute Gasteiger partial charge is 0.367 e. The van der Waals surface area contributed by atoms with Crippen molar-refractivity contribution in [2.45, 2.75) is 38.1 Å². The molecule has 1 N–H and O–H groups in total. The SMILES string of the molecule is CNC(=O)[C@@H]1CC2(C)OC1(C)[C@@H]1C(=O)N(c3ccc(C#N)c(CF)c3)C(=O)[C@@H]12. The molecule has 0 aromatic heterocycles. The zero-order chi connectivity index (χ0) is 20.4. The van der Waals surface area contributed by atoms with E-state index in [9.17, 15) is 18.8 Å². The van der Waals surface area contributed by atoms with Crippen LogP contribution in [0.3, 0.4) is 0 Å². The number of hydrogen-bond donors (Lipinski definition) is 1. The summed E-state index contributed by atoms with van der Waals surface area (Å²) in [5.74, 6) is -3.11. The van der Waals surface area contributed by atoms with E-state index in [1.807, 2.05) is 6.07 Å². The Morgan fingerprint density at radius 1 is 1.36 bits per heavy atom. The standard InChI is InChI=1S/C20H20FN3O4/c1-19-7-13(16(25)23-3)20(2,28-19)15-14(19)17(26)24(18(15)27)12-5-4-10(9-22)11(6-12)8-21/h4-6,13-15H,7-8H2,1-3H3,(H,23,25)/t13-,14+,15-,19?,20?/m0/s1. The molecule has 0 aliphatic carbocycles. The fourth-order valence-electron chi connectivity index (χ4n) is 5.28. The van der Waals surface area contributed by atoms with Crippen LogP contribution in [-0.4, -0.2) is 36.0 Å². The third-order valence-electron chi connectivity index (χ3n) is 6.51. The number of anilines is 1. The maximum absolute atomic E-state index is 13.3. The Morgan fingerprint density at radius 2 is 2.04 bits per heavy atom. The highest BCUT2D eigenvalue weighted by Crippen LogP contribution is 2.63. The first-order valence-electron chi connectivity index (χ1n) is 9.10. The minimum absolute atomic E-state index is 0.123. The van der Waals surface area contributed by atoms with E-state index in [1.165, 1.54) is 25.2 Å². The fraction of sp³-hybridized carbons (Fsp3) is 0.500. The van der Waals surface area contributed by atoms with Gasteiger partial charge in [0.25, 0.3) is 0 Å². The molecule has 146 valence electrons. The van der Waals surface area contributed by atoms with Crippen molar-refractivity contribution in [2.24, 2.45) is 17.8 Å². The molecule has 1 aromatic rings. The van der Waals surface area contributed by atoms with Gasteiger partial charge in [0.1, 0.15) is 6.67 Å². The number of halogens is 1. The van der Waals surface area contributed by atoms with Crippen molar-refractivity contribution in [3.05, 3.63) is 29.3 Å². The van der Waals surface area contributed by atoms with Gasteiger partial charge in [0.15, 0.2) is 0 Å². The van der Waals surface area contributed by atoms with Gasteiger partial charge in [0, 0.05) is 12.6 Å². The monoisotopic (exact) mass is 385 g/mol. The van der Waals surface area contributed by atoms with Gasteiger partial charge in [-0.1, -0.05) is 0 Å². The van der Waals surface area contributed by atoms with Crippen molar-refractivity contribution in [3.63, 3.8) is 0 Å². The molecule has 3 heterocycles. The van der Waals surface area contributed by atoms with E-state index in [0.717, 1.165) is 4.90 Å². The lowest BCUT2D eigenvalue weighted by molar-refractivity contribution is -0.136. The van der Waals surface area contributed by atoms with E-state index in [4.69, 9.17) is 10.00 Å². The van der Waals surface area contributed by atoms with Crippen LogP contribution in [0.5, 0.6) is 0 Å². The van der Waals surface area contributed by atoms with Crippen LogP contribution in [-0.2, 0) is 25.8 Å². The number of nitrogens with zero attached hydrogens (tertiary/aromatic N) is 2. The van der Waals surface area contributed by atoms with Crippen LogP contribution in [0.25, 0.3) is 0 Å². The van der Waals surface area contributed by atoms with E-state index in [-0.39, 0.29) is 22.7 Å². The van der Waals surface area contributed by atoms with Gasteiger partial charge >= 0.3 is 0 Å². The van der Waals surface area contributed by atoms with E-state index in [2.05, 4.69) is 5.32 Å². The molecule has 3 saturated heterocycles. The highest BCUT2D eigenvalue weighted by atomic mass is 19.1. The van der Waals surface area contributed by atoms with Gasteiger partial charge in [0.2, 0.25) is 17.7 Å². The minimum atomic E-state index is -1.09. The molecule has 0 radical (unpaired) electrons. The van der Waals surface area contributed by atoms with E-state index >= 15 is 0 Å². The molecule has 3 aliphatic heterocycles. The van der Waals surface area contributed by atoms with E-state index in [0.29, 0.717) is 6.42 Å². The summed E-state index contributed by atoms with van der Waals surface area (Å²) in [5.41, 5.74) is -1.49. The topological polar surface area (TPSA) is 99.5 Å². The molecule has 2 bridgehead atoms. The molecular formula is C20H20FN3O4. The first-order valence-corrected chi connectivity index (χ1v) is 9.10. The third kappa shape index (κ3) is 2.14. The first kappa shape index (κ1) is 18.6. The highest BCUT2D eigenvalue weighted by molar-refractivity contribution is 6.23. The van der Waals surface area contributed by atoms with Crippen molar-refractivity contribution < 1.29 is 23.5 Å². The first-order chi connectivity index (χ1) is 13.2. The summed E-state index contributed by atoms with van der Waals surface area (Å²) in [7, 11) is 1.53. The smallest absolute Gasteiger partial charge is 0.240 e. The summed E-state index contributed by atoms with van der Waals surface area (Å²) in [6, 6.07) is 6.13. The second-order valence-corrected chi connectivity index (χ2v) is 8.02. The molecular weight excluding hydrogens is 365 g/mol. The van der Waals surface area contributed by atoms with Gasteiger partial charge in [-0.25, -0.2) is 9.29 Å². The van der Waals surface area contributed by atoms with Crippen molar-refractivity contribution >= 4 is 23.4 Å². The Kier molecular flexibility index (Phi) is 3.88. The predicted octanol–water partition coefficient (Wildman–Crippen LogP) is 1.45. The minimum Gasteiger partial charge on any atom is -0.367 e. The second-order valence-electron chi connectivity index (χ2n) is 8.02. The summed E-state index contributed by atoms with van der Waals surface area (Å²) >= 11 is 0. The average molecular weight is 385 g/mol. The molecule has 4 rings (SSSR count). The van der Waals surface area contributed by atoms with Crippen LogP contribution < -0.4 is 10.2 Å². The van der Waals surface area contributed by atoms with Crippen molar-refractivity contribution in [3.8, 4) is 6.07 Å². The molecule has 8 heteroatoms. The van der Waals surface area contributed by atoms with Crippen LogP contribution in [0.2, 0.25) is 0 Å². The zero-order valence-electron chi connectivity index (χ0n) is 15.8. The van der Waals surface area contributed by atoms with Gasteiger partial charge in [-0.2, -0.15) is 5.26 Å². The van der Waals surface area contributed by atoms with Crippen molar-refractivity contribution in [1.82, 2.24) is 5.32 Å². The highest BCUT2D eigenvalue weighted by Gasteiger charge is 2.76. The van der Waals surface area contributed by atoms with Gasteiger partial charge in [-0.3, -0.25) is 14.4 Å². The summed E-state index contributed by atoms with van der Waals surface area (Å²) < 4.78 is 19.4. The predicted molar refractivity (Wildman–Crippen MR) is 95.5 cm³/mol. The third-order valence-corrected chi connectivity index (χ3v) is 6.51. The van der Waals surface area contributed by atoms with E-state index in [1.54, 1.807) is 13.8 Å². The Morgan fingerprint density at radius 3 is 2.64 bits per heavy atom. The fourth-order valence-corrected chi connectivity index (χ4v) is 5.28. The Labute approximate surface area is 161 Å². The van der Waals surface area contributed by atoms with Crippen LogP contribution in [0.15, 0.2) is 18.2 Å². The molecule has 2 unspecified atom stereocenters. The molecule has 0 spiro atoms. The number of carbonyl (C=O) groups excluding carboxylic acids is 3. The maximum Gasteiger partial charge on any atom is 0.240 e. The molecule has 5 atom stereocenters. The van der Waals surface area contributed by atoms with Crippen molar-refractivity contribution in [1.29, 1.82) is 5.26 Å². The summed E-state index contributed by atoms with van der Waals surface area (Å²) in [6.07, 6.45) is 0.348. The lowest BCUT2D eigenvalue weighted by Gasteiger charge is -2.34. The normalized spacial score (nSPS) is 35.8. The summed E-state index contributed by atoms with van der Waals surface area (Å²) in [4.78, 5) is 39.9. The molecule has 1 aromatic carbocycles. The number of amides is 3. The number of hydrogen-bond acceptors (Lipinski definition) is 5. The molecule has 3 amide bonds. The Balaban J connectivity index is 1.77. The number of ether oxygens (including phenoxy) is 1. The Hall–Kier alpha value is -2.79. The van der Waals surface area contributed by atoms with Crippen LogP contribution in [0.4, 0.5) is 10.1 Å². The van der Waals surface area contributed by atoms with Gasteiger partial charge in [-0.05, 0) is 38.5 Å². The quantitative estimate of drug-likeness (QED) is 0.794. The molecule has 7 nitrogen and oxygen atoms in total. The number of benzene rings is 1. The van der Waals surface area contributed by atoms with Gasteiger partial charge in [0.05, 0.1) is 46.3 Å². The number of alkyl halides is 1. The number of imide groups is 1. The zero-order valence-corrected chi connectivity index (χ0v) is 15.8. The lowest BCUT2D eigenvalue weighted by Crippen LogP contribution is -2.51. The average Bonchev–Trinajstić information content (AvgIpc) is 3.21. The number of carbonyl (C=O) groups is 3. The van der Waals surface area contributed by atoms with Gasteiger partial charge in [-0.15, -0.1) is 0 Å². The number of rotatable bonds is 3. The number of nitriles is 1. The molecule has 3 aliphatic rings. The van der Waals surface area contributed by atoms with E-state index < -0.39 is 47.4 Å². The lowest BCUT2D eigenvalue weighted by atomic mass is 9.63. The second kappa shape index (κ2) is 5.85. The van der Waals surface area contributed by atoms with Crippen LogP contribution in [0, 0.1) is 29.1 Å². The number of nitrogens with one attached hydrogen (secondary N) is 1. The molecule has 3 fully saturated rings. The van der Waals surface area contributed by atoms with Gasteiger partial charge < -0.3 is 10.1 Å². The summed E-state index contributed by atoms with van der Waals surface area (Å²) in [6.45, 7) is 2.60. The van der Waals surface area contributed by atoms with Crippen LogP contribution in [0.1, 0.15) is 31.4 Å². The summed E-state index contributed by atoms with van der Waals surface area (Å²) in [5, 5.41) is 11.7. The Bertz CT molecular complexity index is 957. The maximum atomic E-state index is 13.3.